The lowest BCUT2D eigenvalue weighted by Crippen LogP contribution is -2.37. The van der Waals surface area contributed by atoms with Gasteiger partial charge in [0.05, 0.1) is 17.7 Å². The molecule has 1 fully saturated rings. The summed E-state index contributed by atoms with van der Waals surface area (Å²) in [5.41, 5.74) is 4.76. The molecule has 3 N–H and O–H groups in total. The topological polar surface area (TPSA) is 70.6 Å². The second-order valence-corrected chi connectivity index (χ2v) is 5.18. The number of rotatable bonds is 6. The number of nitrogens with one attached hydrogen (secondary N) is 2. The van der Waals surface area contributed by atoms with Crippen LogP contribution in [0.1, 0.15) is 32.1 Å². The van der Waals surface area contributed by atoms with Crippen LogP contribution in [0.15, 0.2) is 24.3 Å². The van der Waals surface area contributed by atoms with Crippen LogP contribution in [0.2, 0.25) is 0 Å². The van der Waals surface area contributed by atoms with E-state index in [2.05, 4.69) is 15.6 Å². The van der Waals surface area contributed by atoms with Crippen molar-refractivity contribution in [2.45, 2.75) is 44.3 Å². The zero-order chi connectivity index (χ0) is 15.3. The maximum absolute atomic E-state index is 12.0. The molecule has 0 radical (unpaired) electrons. The fraction of sp³-hybridized carbons (Fsp3) is 0.500. The monoisotopic (exact) mass is 300 g/mol. The number of aliphatic hydroxyl groups is 1. The number of hydrogen-bond donors (Lipinski definition) is 3. The predicted molar refractivity (Wildman–Crippen MR) is 72.9 cm³/mol. The number of carbonyl (C=O) groups is 1. The van der Waals surface area contributed by atoms with Crippen LogP contribution in [-0.2, 0) is 4.79 Å². The molecule has 0 unspecified atom stereocenters. The number of amides is 1. The van der Waals surface area contributed by atoms with E-state index in [1.165, 1.54) is 24.3 Å². The summed E-state index contributed by atoms with van der Waals surface area (Å²) in [6.07, 6.45) is 3.19. The first-order chi connectivity index (χ1) is 9.97. The van der Waals surface area contributed by atoms with Crippen molar-refractivity contribution in [2.24, 2.45) is 0 Å². The Bertz CT molecular complexity index is 474. The van der Waals surface area contributed by atoms with Gasteiger partial charge < -0.3 is 9.84 Å². The lowest BCUT2D eigenvalue weighted by atomic mass is 9.98. The number of ether oxygens (including phenoxy) is 1. The average Bonchev–Trinajstić information content (AvgIpc) is 2.84. The number of halogens is 2. The molecule has 116 valence electrons. The van der Waals surface area contributed by atoms with Crippen molar-refractivity contribution in [1.29, 1.82) is 0 Å². The smallest absolute Gasteiger partial charge is 0.387 e. The van der Waals surface area contributed by atoms with Crippen LogP contribution < -0.4 is 15.6 Å². The number of alkyl halides is 2. The third-order valence-corrected chi connectivity index (χ3v) is 3.45. The summed E-state index contributed by atoms with van der Waals surface area (Å²) >= 11 is 0. The van der Waals surface area contributed by atoms with Gasteiger partial charge in [-0.3, -0.25) is 15.6 Å². The molecule has 0 saturated heterocycles. The van der Waals surface area contributed by atoms with E-state index in [-0.39, 0.29) is 18.1 Å². The minimum absolute atomic E-state index is 0.0437. The van der Waals surface area contributed by atoms with E-state index in [1.807, 2.05) is 0 Å². The minimum Gasteiger partial charge on any atom is -0.435 e. The largest absolute Gasteiger partial charge is 0.435 e. The number of benzene rings is 1. The number of carbonyl (C=O) groups excluding carboxylic acids is 1. The van der Waals surface area contributed by atoms with Gasteiger partial charge in [-0.2, -0.15) is 8.78 Å². The first kappa shape index (κ1) is 15.5. The van der Waals surface area contributed by atoms with E-state index >= 15 is 0 Å². The summed E-state index contributed by atoms with van der Waals surface area (Å²) in [6.45, 7) is -2.87. The SMILES string of the molecule is O=C(CC1(O)CCCC1)NNc1ccc(OC(F)F)cc1. The van der Waals surface area contributed by atoms with Crippen LogP contribution in [0, 0.1) is 0 Å². The molecule has 0 spiro atoms. The highest BCUT2D eigenvalue weighted by atomic mass is 19.3. The highest BCUT2D eigenvalue weighted by Crippen LogP contribution is 2.32. The van der Waals surface area contributed by atoms with Crippen LogP contribution in [0.4, 0.5) is 14.5 Å². The number of hydrogen-bond acceptors (Lipinski definition) is 4. The molecule has 0 atom stereocenters. The maximum atomic E-state index is 12.0. The standard InChI is InChI=1S/C14H18F2N2O3/c15-13(16)21-11-5-3-10(4-6-11)17-18-12(19)9-14(20)7-1-2-8-14/h3-6,13,17,20H,1-2,7-9H2,(H,18,19). The van der Waals surface area contributed by atoms with Gasteiger partial charge >= 0.3 is 6.61 Å². The number of anilines is 1. The quantitative estimate of drug-likeness (QED) is 0.706. The average molecular weight is 300 g/mol. The fourth-order valence-corrected chi connectivity index (χ4v) is 2.41. The molecule has 1 saturated carbocycles. The highest BCUT2D eigenvalue weighted by molar-refractivity contribution is 5.78. The first-order valence-electron chi connectivity index (χ1n) is 6.79. The Kier molecular flexibility index (Phi) is 4.95. The van der Waals surface area contributed by atoms with Crippen molar-refractivity contribution in [1.82, 2.24) is 5.43 Å². The molecular formula is C14H18F2N2O3. The van der Waals surface area contributed by atoms with E-state index in [1.54, 1.807) is 0 Å². The second kappa shape index (κ2) is 6.71. The van der Waals surface area contributed by atoms with Crippen LogP contribution in [0.5, 0.6) is 5.75 Å². The zero-order valence-corrected chi connectivity index (χ0v) is 11.4. The molecule has 1 aromatic rings. The number of hydrazine groups is 1. The summed E-state index contributed by atoms with van der Waals surface area (Å²) in [7, 11) is 0. The molecule has 1 aromatic carbocycles. The van der Waals surface area contributed by atoms with Crippen LogP contribution in [0.3, 0.4) is 0 Å². The van der Waals surface area contributed by atoms with Gasteiger partial charge in [0, 0.05) is 0 Å². The van der Waals surface area contributed by atoms with Crippen molar-refractivity contribution < 1.29 is 23.4 Å². The van der Waals surface area contributed by atoms with Crippen molar-refractivity contribution in [3.8, 4) is 5.75 Å². The Labute approximate surface area is 121 Å². The molecule has 0 heterocycles. The zero-order valence-electron chi connectivity index (χ0n) is 11.4. The molecule has 0 aliphatic heterocycles. The molecule has 1 aliphatic carbocycles. The lowest BCUT2D eigenvalue weighted by molar-refractivity contribution is -0.125. The van der Waals surface area contributed by atoms with Crippen LogP contribution >= 0.6 is 0 Å². The molecule has 2 rings (SSSR count). The third-order valence-electron chi connectivity index (χ3n) is 3.45. The van der Waals surface area contributed by atoms with Gasteiger partial charge in [0.1, 0.15) is 5.75 Å². The summed E-state index contributed by atoms with van der Waals surface area (Å²) in [4.78, 5) is 11.7. The first-order valence-corrected chi connectivity index (χ1v) is 6.79. The second-order valence-electron chi connectivity index (χ2n) is 5.18. The van der Waals surface area contributed by atoms with Gasteiger partial charge in [-0.15, -0.1) is 0 Å². The van der Waals surface area contributed by atoms with E-state index < -0.39 is 12.2 Å². The van der Waals surface area contributed by atoms with Crippen molar-refractivity contribution in [2.75, 3.05) is 5.43 Å². The molecule has 5 nitrogen and oxygen atoms in total. The third kappa shape index (κ3) is 4.86. The van der Waals surface area contributed by atoms with Gasteiger partial charge in [0.2, 0.25) is 5.91 Å². The van der Waals surface area contributed by atoms with E-state index in [0.29, 0.717) is 18.5 Å². The highest BCUT2D eigenvalue weighted by Gasteiger charge is 2.33. The van der Waals surface area contributed by atoms with Crippen molar-refractivity contribution >= 4 is 11.6 Å². The Hall–Kier alpha value is -1.89. The van der Waals surface area contributed by atoms with Gasteiger partial charge in [-0.1, -0.05) is 12.8 Å². The van der Waals surface area contributed by atoms with Crippen LogP contribution in [-0.4, -0.2) is 23.2 Å². The molecule has 1 amide bonds. The Morgan fingerprint density at radius 3 is 2.48 bits per heavy atom. The summed E-state index contributed by atoms with van der Waals surface area (Å²) in [5.74, 6) is -0.269. The summed E-state index contributed by atoms with van der Waals surface area (Å²) in [5, 5.41) is 10.1. The van der Waals surface area contributed by atoms with Crippen molar-refractivity contribution in [3.63, 3.8) is 0 Å². The minimum atomic E-state index is -2.87. The van der Waals surface area contributed by atoms with Gasteiger partial charge in [-0.25, -0.2) is 0 Å². The molecule has 1 aliphatic rings. The Morgan fingerprint density at radius 2 is 1.90 bits per heavy atom. The van der Waals surface area contributed by atoms with Gasteiger partial charge in [-0.05, 0) is 37.1 Å². The Morgan fingerprint density at radius 1 is 1.29 bits per heavy atom. The maximum Gasteiger partial charge on any atom is 0.387 e. The lowest BCUT2D eigenvalue weighted by Gasteiger charge is -2.21. The summed E-state index contributed by atoms with van der Waals surface area (Å²) in [6, 6.07) is 5.74. The molecule has 21 heavy (non-hydrogen) atoms. The molecular weight excluding hydrogens is 282 g/mol. The predicted octanol–water partition coefficient (Wildman–Crippen LogP) is 2.43. The van der Waals surface area contributed by atoms with E-state index in [0.717, 1.165) is 12.8 Å². The van der Waals surface area contributed by atoms with Crippen molar-refractivity contribution in [3.05, 3.63) is 24.3 Å². The fourth-order valence-electron chi connectivity index (χ4n) is 2.41. The van der Waals surface area contributed by atoms with E-state index in [4.69, 9.17) is 0 Å². The summed E-state index contributed by atoms with van der Waals surface area (Å²) < 4.78 is 28.2. The van der Waals surface area contributed by atoms with Gasteiger partial charge in [0.15, 0.2) is 0 Å². The Balaban J connectivity index is 1.78. The molecule has 0 aromatic heterocycles. The van der Waals surface area contributed by atoms with Gasteiger partial charge in [0.25, 0.3) is 0 Å². The molecule has 0 bridgehead atoms. The normalized spacial score (nSPS) is 16.8. The molecule has 7 heteroatoms. The van der Waals surface area contributed by atoms with Crippen LogP contribution in [0.25, 0.3) is 0 Å². The van der Waals surface area contributed by atoms with E-state index in [9.17, 15) is 18.7 Å².